The summed E-state index contributed by atoms with van der Waals surface area (Å²) in [5.41, 5.74) is 16.4. The summed E-state index contributed by atoms with van der Waals surface area (Å²) in [6.07, 6.45) is 15.8. The Kier molecular flexibility index (Phi) is 15.1. The third kappa shape index (κ3) is 12.3. The molecule has 0 radical (unpaired) electrons. The number of hydrogen-bond donors (Lipinski definition) is 2. The van der Waals surface area contributed by atoms with Gasteiger partial charge in [-0.2, -0.15) is 0 Å². The zero-order valence-electron chi connectivity index (χ0n) is 36.0. The number of hydrogen-bond acceptors (Lipinski definition) is 11. The fraction of sp³-hybridized carbons (Fsp3) is 0.542. The van der Waals surface area contributed by atoms with E-state index in [9.17, 15) is 20.2 Å². The summed E-state index contributed by atoms with van der Waals surface area (Å²) >= 11 is 0. The van der Waals surface area contributed by atoms with Gasteiger partial charge in [0.15, 0.2) is 11.5 Å². The number of likely N-dealkylation sites (N-methyl/N-ethyl adjacent to an activating group) is 1. The van der Waals surface area contributed by atoms with E-state index in [1.807, 2.05) is 26.0 Å². The molecule has 0 amide bonds. The molecule has 1 saturated heterocycles. The summed E-state index contributed by atoms with van der Waals surface area (Å²) in [5.74, 6) is 2.40. The van der Waals surface area contributed by atoms with Gasteiger partial charge in [0.2, 0.25) is 0 Å². The number of nitro benzene ring substituents is 2. The molecule has 3 aromatic rings. The molecule has 13 heteroatoms. The fourth-order valence-electron chi connectivity index (χ4n) is 8.08. The van der Waals surface area contributed by atoms with Gasteiger partial charge >= 0.3 is 11.4 Å². The van der Waals surface area contributed by atoms with Crippen LogP contribution in [0.15, 0.2) is 48.6 Å². The van der Waals surface area contributed by atoms with Crippen LogP contribution in [0, 0.1) is 41.0 Å². The van der Waals surface area contributed by atoms with Crippen molar-refractivity contribution in [2.24, 2.45) is 0 Å². The molecule has 61 heavy (non-hydrogen) atoms. The number of nitrogens with zero attached hydrogens (tertiary/aromatic N) is 4. The van der Waals surface area contributed by atoms with Crippen LogP contribution < -0.4 is 25.3 Å². The predicted molar refractivity (Wildman–Crippen MR) is 244 cm³/mol. The maximum atomic E-state index is 11.2. The lowest BCUT2D eigenvalue weighted by atomic mass is 9.86. The quantitative estimate of drug-likeness (QED) is 0.108. The number of ether oxygens (including phenoxy) is 3. The van der Waals surface area contributed by atoms with Gasteiger partial charge in [-0.1, -0.05) is 19.6 Å². The van der Waals surface area contributed by atoms with E-state index < -0.39 is 0 Å². The van der Waals surface area contributed by atoms with Crippen molar-refractivity contribution in [3.63, 3.8) is 0 Å². The Morgan fingerprint density at radius 2 is 1.15 bits per heavy atom. The van der Waals surface area contributed by atoms with Gasteiger partial charge < -0.3 is 35.1 Å². The average Bonchev–Trinajstić information content (AvgIpc) is 4.08. The summed E-state index contributed by atoms with van der Waals surface area (Å²) in [5, 5.41) is 25.6. The Labute approximate surface area is 361 Å². The number of aryl methyl sites for hydroxylation is 3. The van der Waals surface area contributed by atoms with Gasteiger partial charge in [0.05, 0.1) is 33.8 Å². The molecule has 6 aliphatic rings. The molecule has 9 rings (SSSR count). The van der Waals surface area contributed by atoms with Crippen LogP contribution in [0.2, 0.25) is 0 Å². The van der Waals surface area contributed by atoms with Gasteiger partial charge in [0, 0.05) is 31.8 Å². The molecule has 0 atom stereocenters. The van der Waals surface area contributed by atoms with Crippen molar-refractivity contribution >= 4 is 28.2 Å². The van der Waals surface area contributed by atoms with E-state index in [0.717, 1.165) is 98.4 Å². The summed E-state index contributed by atoms with van der Waals surface area (Å²) in [6.45, 7) is 12.1. The van der Waals surface area contributed by atoms with Crippen LogP contribution in [0.3, 0.4) is 0 Å². The Morgan fingerprint density at radius 1 is 0.639 bits per heavy atom. The zero-order chi connectivity index (χ0) is 42.5. The maximum absolute atomic E-state index is 11.2. The first-order chi connectivity index (χ1) is 28.8. The van der Waals surface area contributed by atoms with E-state index in [2.05, 4.69) is 60.4 Å². The smallest absolute Gasteiger partial charge is 0.311 e. The maximum Gasteiger partial charge on any atom is 0.311 e. The number of anilines is 1. The van der Waals surface area contributed by atoms with Crippen LogP contribution in [0.5, 0.6) is 17.2 Å². The van der Waals surface area contributed by atoms with Crippen molar-refractivity contribution in [2.45, 2.75) is 117 Å². The highest BCUT2D eigenvalue weighted by Gasteiger charge is 2.30. The second-order valence-electron chi connectivity index (χ2n) is 17.5. The van der Waals surface area contributed by atoms with Crippen molar-refractivity contribution in [3.05, 3.63) is 102 Å². The number of benzene rings is 3. The minimum atomic E-state index is -0.356. The van der Waals surface area contributed by atoms with E-state index in [4.69, 9.17) is 19.9 Å². The second kappa shape index (κ2) is 20.3. The number of nitro groups is 2. The minimum Gasteiger partial charge on any atom is -0.488 e. The summed E-state index contributed by atoms with van der Waals surface area (Å²) in [7, 11) is 4.30. The highest BCUT2D eigenvalue weighted by Crippen LogP contribution is 2.41. The highest BCUT2D eigenvalue weighted by molar-refractivity contribution is 5.74. The Morgan fingerprint density at radius 3 is 1.59 bits per heavy atom. The molecule has 3 aromatic carbocycles. The molecule has 4 fully saturated rings. The van der Waals surface area contributed by atoms with Gasteiger partial charge in [0.25, 0.3) is 0 Å². The first-order valence-corrected chi connectivity index (χ1v) is 21.8. The SMILES string of the molecule is C.Cc1cc(N)c(OC2CC2)cc1C1CCN(C)CC1.Cc1cc([N+](=O)[O-])c(OC2CC2)cc1C1=CCN(C)CC1.Cc1cc([N+](=O)[O-])c(OC2CC2)cc1C1=CCNCC1. The van der Waals surface area contributed by atoms with Gasteiger partial charge in [-0.3, -0.25) is 20.2 Å². The third-order valence-electron chi connectivity index (χ3n) is 12.2. The molecule has 0 bridgehead atoms. The molecular weight excluding hydrogens is 773 g/mol. The van der Waals surface area contributed by atoms with Gasteiger partial charge in [-0.15, -0.1) is 0 Å². The molecule has 0 spiro atoms. The van der Waals surface area contributed by atoms with E-state index >= 15 is 0 Å². The lowest BCUT2D eigenvalue weighted by Crippen LogP contribution is -2.29. The number of likely N-dealkylation sites (tertiary alicyclic amines) is 1. The van der Waals surface area contributed by atoms with Crippen LogP contribution in [0.4, 0.5) is 17.1 Å². The van der Waals surface area contributed by atoms with E-state index in [1.165, 1.54) is 61.0 Å². The van der Waals surface area contributed by atoms with Crippen LogP contribution in [0.1, 0.15) is 111 Å². The van der Waals surface area contributed by atoms with Gasteiger partial charge in [-0.05, 0) is 193 Å². The standard InChI is InChI=1S/C16H20N2O3.C16H24N2O.C15H18N2O3.CH4/c1-11-9-15(18(19)20)16(21-13-3-4-13)10-14(11)12-5-7-17(2)8-6-12;1-11-9-15(17)16(19-13-3-4-13)10-14(11)12-5-7-18(2)8-6-12;1-10-8-14(17(18)19)15(20-12-2-3-12)9-13(10)11-4-6-16-7-5-11;/h5,9-10,13H,3-4,6-8H2,1-2H3;9-10,12-13H,3-8,17H2,1-2H3;4,8-9,12,16H,2-3,5-7H2,1H3;1H4. The molecule has 3 aliphatic heterocycles. The number of nitrogens with one attached hydrogen (secondary N) is 1. The van der Waals surface area contributed by atoms with E-state index in [1.54, 1.807) is 12.1 Å². The fourth-order valence-corrected chi connectivity index (χ4v) is 8.08. The third-order valence-corrected chi connectivity index (χ3v) is 12.2. The normalized spacial score (nSPS) is 19.4. The van der Waals surface area contributed by atoms with Crippen LogP contribution in [-0.2, 0) is 0 Å². The lowest BCUT2D eigenvalue weighted by Gasteiger charge is -2.30. The number of nitrogens with two attached hydrogens (primary N) is 1. The van der Waals surface area contributed by atoms with Crippen molar-refractivity contribution in [2.75, 3.05) is 59.1 Å². The Bertz CT molecular complexity index is 2120. The number of piperidine rings is 1. The summed E-state index contributed by atoms with van der Waals surface area (Å²) in [4.78, 5) is 26.3. The predicted octanol–water partition coefficient (Wildman–Crippen LogP) is 9.55. The summed E-state index contributed by atoms with van der Waals surface area (Å²) < 4.78 is 17.4. The van der Waals surface area contributed by atoms with Crippen LogP contribution in [-0.4, -0.2) is 91.3 Å². The first-order valence-electron chi connectivity index (χ1n) is 21.8. The molecule has 0 unspecified atom stereocenters. The van der Waals surface area contributed by atoms with Crippen LogP contribution in [0.25, 0.3) is 11.1 Å². The Hall–Kier alpha value is -4.98. The van der Waals surface area contributed by atoms with Gasteiger partial charge in [0.1, 0.15) is 5.75 Å². The van der Waals surface area contributed by atoms with E-state index in [-0.39, 0.29) is 40.9 Å². The zero-order valence-corrected chi connectivity index (χ0v) is 36.0. The highest BCUT2D eigenvalue weighted by atomic mass is 16.6. The monoisotopic (exact) mass is 838 g/mol. The summed E-state index contributed by atoms with van der Waals surface area (Å²) in [6, 6.07) is 11.3. The topological polar surface area (TPSA) is 158 Å². The second-order valence-corrected chi connectivity index (χ2v) is 17.5. The molecule has 3 N–H and O–H groups in total. The largest absolute Gasteiger partial charge is 0.488 e. The lowest BCUT2D eigenvalue weighted by molar-refractivity contribution is -0.386. The first kappa shape index (κ1) is 45.5. The van der Waals surface area contributed by atoms with Gasteiger partial charge in [-0.25, -0.2) is 0 Å². The van der Waals surface area contributed by atoms with Crippen LogP contribution >= 0.6 is 0 Å². The molecule has 3 heterocycles. The molecule has 0 aromatic heterocycles. The van der Waals surface area contributed by atoms with Crippen molar-refractivity contribution in [3.8, 4) is 17.2 Å². The Balaban J connectivity index is 0.000000152. The van der Waals surface area contributed by atoms with Crippen molar-refractivity contribution in [1.29, 1.82) is 0 Å². The van der Waals surface area contributed by atoms with E-state index in [0.29, 0.717) is 23.5 Å². The molecule has 13 nitrogen and oxygen atoms in total. The number of rotatable bonds is 11. The average molecular weight is 839 g/mol. The minimum absolute atomic E-state index is 0. The molecule has 330 valence electrons. The molecular formula is C48H66N6O7. The molecule has 3 aliphatic carbocycles. The number of nitrogen functional groups attached to an aromatic ring is 1. The van der Waals surface area contributed by atoms with Crippen molar-refractivity contribution < 1.29 is 24.1 Å². The van der Waals surface area contributed by atoms with Crippen molar-refractivity contribution in [1.82, 2.24) is 15.1 Å². The molecule has 3 saturated carbocycles.